The molecule has 0 bridgehead atoms. The number of carbonyl (C=O) groups excluding carboxylic acids is 1. The summed E-state index contributed by atoms with van der Waals surface area (Å²) in [5.41, 5.74) is 0.667. The van der Waals surface area contributed by atoms with Crippen LogP contribution in [0, 0.1) is 11.6 Å². The standard InChI is InChI=1S/C26H18F5N3O3/c27-19-7-4-12-32-24(19)23(17-8-10-21(20(28)13-17)37-26(29,30)31)34-25(35)18-9-11-22(33-14-18)36-15-16-5-2-1-3-6-16/h1-14,23H,15H2,(H,34,35). The number of aromatic nitrogens is 2. The Balaban J connectivity index is 1.54. The minimum atomic E-state index is -5.10. The van der Waals surface area contributed by atoms with Crippen LogP contribution in [-0.2, 0) is 6.61 Å². The highest BCUT2D eigenvalue weighted by molar-refractivity contribution is 5.94. The minimum Gasteiger partial charge on any atom is -0.473 e. The fraction of sp³-hybridized carbons (Fsp3) is 0.115. The number of amides is 1. The Kier molecular flexibility index (Phi) is 7.61. The number of halogens is 5. The first-order valence-electron chi connectivity index (χ1n) is 10.8. The molecule has 0 fully saturated rings. The van der Waals surface area contributed by atoms with Crippen molar-refractivity contribution in [3.8, 4) is 11.6 Å². The number of alkyl halides is 3. The van der Waals surface area contributed by atoms with E-state index in [9.17, 15) is 26.7 Å². The van der Waals surface area contributed by atoms with E-state index in [-0.39, 0.29) is 29.3 Å². The average Bonchev–Trinajstić information content (AvgIpc) is 2.88. The van der Waals surface area contributed by atoms with Gasteiger partial charge in [-0.3, -0.25) is 9.78 Å². The third-order valence-corrected chi connectivity index (χ3v) is 5.08. The monoisotopic (exact) mass is 515 g/mol. The van der Waals surface area contributed by atoms with Crippen LogP contribution >= 0.6 is 0 Å². The molecule has 0 saturated heterocycles. The van der Waals surface area contributed by atoms with Gasteiger partial charge in [-0.1, -0.05) is 36.4 Å². The van der Waals surface area contributed by atoms with Gasteiger partial charge >= 0.3 is 6.36 Å². The third kappa shape index (κ3) is 6.78. The van der Waals surface area contributed by atoms with Crippen molar-refractivity contribution in [3.63, 3.8) is 0 Å². The van der Waals surface area contributed by atoms with E-state index >= 15 is 0 Å². The molecule has 0 aliphatic rings. The van der Waals surface area contributed by atoms with Crippen molar-refractivity contribution in [3.05, 3.63) is 119 Å². The van der Waals surface area contributed by atoms with Gasteiger partial charge in [0.15, 0.2) is 11.6 Å². The van der Waals surface area contributed by atoms with Crippen LogP contribution in [0.2, 0.25) is 0 Å². The van der Waals surface area contributed by atoms with E-state index in [0.29, 0.717) is 6.07 Å². The molecule has 4 rings (SSSR count). The Morgan fingerprint density at radius 3 is 2.35 bits per heavy atom. The summed E-state index contributed by atoms with van der Waals surface area (Å²) in [5.74, 6) is -3.69. The summed E-state index contributed by atoms with van der Waals surface area (Å²) in [6.45, 7) is 0.264. The van der Waals surface area contributed by atoms with Crippen molar-refractivity contribution in [2.45, 2.75) is 19.0 Å². The number of rotatable bonds is 8. The van der Waals surface area contributed by atoms with Crippen LogP contribution in [-0.4, -0.2) is 22.2 Å². The smallest absolute Gasteiger partial charge is 0.473 e. The zero-order chi connectivity index (χ0) is 26.4. The molecule has 0 aliphatic heterocycles. The normalized spacial score (nSPS) is 12.0. The van der Waals surface area contributed by atoms with Crippen molar-refractivity contribution < 1.29 is 36.2 Å². The van der Waals surface area contributed by atoms with Gasteiger partial charge < -0.3 is 14.8 Å². The SMILES string of the molecule is O=C(NC(c1ccc(OC(F)(F)F)c(F)c1)c1ncccc1F)c1ccc(OCc2ccccc2)nc1. The Morgan fingerprint density at radius 2 is 1.70 bits per heavy atom. The summed E-state index contributed by atoms with van der Waals surface area (Å²) in [6.07, 6.45) is -2.61. The fourth-order valence-corrected chi connectivity index (χ4v) is 3.37. The molecule has 1 amide bonds. The predicted octanol–water partition coefficient (Wildman–Crippen LogP) is 5.75. The largest absolute Gasteiger partial charge is 0.573 e. The van der Waals surface area contributed by atoms with Crippen LogP contribution in [0.15, 0.2) is 85.2 Å². The Hall–Kier alpha value is -4.54. The highest BCUT2D eigenvalue weighted by atomic mass is 19.4. The maximum absolute atomic E-state index is 14.5. The molecular weight excluding hydrogens is 497 g/mol. The van der Waals surface area contributed by atoms with Crippen LogP contribution in [0.25, 0.3) is 0 Å². The number of nitrogens with zero attached hydrogens (tertiary/aromatic N) is 2. The van der Waals surface area contributed by atoms with Gasteiger partial charge in [0, 0.05) is 18.5 Å². The number of hydrogen-bond acceptors (Lipinski definition) is 5. The lowest BCUT2D eigenvalue weighted by atomic mass is 10.0. The second-order valence-corrected chi connectivity index (χ2v) is 7.67. The van der Waals surface area contributed by atoms with Gasteiger partial charge in [0.1, 0.15) is 18.1 Å². The van der Waals surface area contributed by atoms with E-state index < -0.39 is 35.7 Å². The average molecular weight is 515 g/mol. The van der Waals surface area contributed by atoms with E-state index in [0.717, 1.165) is 23.8 Å². The summed E-state index contributed by atoms with van der Waals surface area (Å²) in [4.78, 5) is 20.9. The van der Waals surface area contributed by atoms with E-state index in [2.05, 4.69) is 20.0 Å². The lowest BCUT2D eigenvalue weighted by molar-refractivity contribution is -0.275. The van der Waals surface area contributed by atoms with Crippen LogP contribution in [0.4, 0.5) is 22.0 Å². The van der Waals surface area contributed by atoms with E-state index in [1.54, 1.807) is 0 Å². The third-order valence-electron chi connectivity index (χ3n) is 5.08. The minimum absolute atomic E-state index is 0.0613. The second kappa shape index (κ2) is 11.0. The molecule has 1 atom stereocenters. The molecular formula is C26H18F5N3O3. The molecule has 0 spiro atoms. The summed E-state index contributed by atoms with van der Waals surface area (Å²) >= 11 is 0. The summed E-state index contributed by atoms with van der Waals surface area (Å²) in [6, 6.07) is 15.8. The Morgan fingerprint density at radius 1 is 0.919 bits per heavy atom. The van der Waals surface area contributed by atoms with Crippen LogP contribution in [0.5, 0.6) is 11.6 Å². The first-order chi connectivity index (χ1) is 17.7. The van der Waals surface area contributed by atoms with Crippen LogP contribution in [0.1, 0.15) is 33.2 Å². The number of carbonyl (C=O) groups is 1. The summed E-state index contributed by atoms with van der Waals surface area (Å²) < 4.78 is 75.7. The number of pyridine rings is 2. The maximum Gasteiger partial charge on any atom is 0.573 e. The van der Waals surface area contributed by atoms with E-state index in [1.165, 1.54) is 30.6 Å². The molecule has 2 aromatic carbocycles. The highest BCUT2D eigenvalue weighted by Gasteiger charge is 2.33. The van der Waals surface area contributed by atoms with Crippen molar-refractivity contribution in [2.75, 3.05) is 0 Å². The molecule has 2 heterocycles. The topological polar surface area (TPSA) is 73.3 Å². The van der Waals surface area contributed by atoms with Gasteiger partial charge in [-0.2, -0.15) is 0 Å². The van der Waals surface area contributed by atoms with Crippen molar-refractivity contribution in [2.24, 2.45) is 0 Å². The molecule has 1 unspecified atom stereocenters. The van der Waals surface area contributed by atoms with Crippen molar-refractivity contribution in [1.29, 1.82) is 0 Å². The van der Waals surface area contributed by atoms with Gasteiger partial charge in [0.2, 0.25) is 5.88 Å². The Labute approximate surface area is 207 Å². The molecule has 190 valence electrons. The van der Waals surface area contributed by atoms with Gasteiger partial charge in [-0.15, -0.1) is 13.2 Å². The molecule has 11 heteroatoms. The van der Waals surface area contributed by atoms with Gasteiger partial charge in [-0.05, 0) is 41.5 Å². The summed E-state index contributed by atoms with van der Waals surface area (Å²) in [7, 11) is 0. The predicted molar refractivity (Wildman–Crippen MR) is 122 cm³/mol. The molecule has 6 nitrogen and oxygen atoms in total. The van der Waals surface area contributed by atoms with Gasteiger partial charge in [0.25, 0.3) is 5.91 Å². The maximum atomic E-state index is 14.5. The Bertz CT molecular complexity index is 1370. The van der Waals surface area contributed by atoms with Crippen molar-refractivity contribution in [1.82, 2.24) is 15.3 Å². The molecule has 0 aliphatic carbocycles. The van der Waals surface area contributed by atoms with Gasteiger partial charge in [-0.25, -0.2) is 13.8 Å². The van der Waals surface area contributed by atoms with E-state index in [4.69, 9.17) is 4.74 Å². The quantitative estimate of drug-likeness (QED) is 0.303. The molecule has 2 aromatic heterocycles. The first-order valence-corrected chi connectivity index (χ1v) is 10.8. The lowest BCUT2D eigenvalue weighted by Crippen LogP contribution is -2.31. The zero-order valence-electron chi connectivity index (χ0n) is 18.9. The molecule has 37 heavy (non-hydrogen) atoms. The highest BCUT2D eigenvalue weighted by Crippen LogP contribution is 2.30. The molecule has 0 saturated carbocycles. The molecule has 0 radical (unpaired) electrons. The summed E-state index contributed by atoms with van der Waals surface area (Å²) in [5, 5.41) is 2.53. The number of ether oxygens (including phenoxy) is 2. The zero-order valence-corrected chi connectivity index (χ0v) is 18.9. The van der Waals surface area contributed by atoms with E-state index in [1.807, 2.05) is 30.3 Å². The fourth-order valence-electron chi connectivity index (χ4n) is 3.37. The van der Waals surface area contributed by atoms with Crippen LogP contribution in [0.3, 0.4) is 0 Å². The van der Waals surface area contributed by atoms with Crippen molar-refractivity contribution >= 4 is 5.91 Å². The molecule has 4 aromatic rings. The van der Waals surface area contributed by atoms with Gasteiger partial charge in [0.05, 0.1) is 11.6 Å². The lowest BCUT2D eigenvalue weighted by Gasteiger charge is -2.20. The second-order valence-electron chi connectivity index (χ2n) is 7.67. The van der Waals surface area contributed by atoms with Crippen LogP contribution < -0.4 is 14.8 Å². The first kappa shape index (κ1) is 25.5. The molecule has 1 N–H and O–H groups in total. The number of benzene rings is 2. The number of hydrogen-bond donors (Lipinski definition) is 1. The number of nitrogens with one attached hydrogen (secondary N) is 1.